The van der Waals surface area contributed by atoms with Gasteiger partial charge in [0.15, 0.2) is 0 Å². The van der Waals surface area contributed by atoms with Crippen molar-refractivity contribution in [3.63, 3.8) is 0 Å². The van der Waals surface area contributed by atoms with E-state index in [-0.39, 0.29) is 17.9 Å². The number of nitrogens with zero attached hydrogens (tertiary/aromatic N) is 5. The van der Waals surface area contributed by atoms with E-state index in [2.05, 4.69) is 25.6 Å². The first-order chi connectivity index (χ1) is 18.5. The van der Waals surface area contributed by atoms with Crippen LogP contribution in [0.15, 0.2) is 73.2 Å². The molecule has 0 saturated carbocycles. The number of nitrogens with one attached hydrogen (secondary N) is 2. The zero-order chi connectivity index (χ0) is 26.2. The smallest absolute Gasteiger partial charge is 0.273 e. The van der Waals surface area contributed by atoms with Gasteiger partial charge in [0, 0.05) is 74.3 Å². The lowest BCUT2D eigenvalue weighted by molar-refractivity contribution is 0.101. The molecule has 0 spiro atoms. The number of halogens is 1. The van der Waals surface area contributed by atoms with Crippen molar-refractivity contribution < 1.29 is 14.0 Å². The average molecular weight is 512 g/mol. The molecule has 2 aromatic heterocycles. The van der Waals surface area contributed by atoms with E-state index in [0.717, 1.165) is 16.8 Å². The van der Waals surface area contributed by atoms with Crippen LogP contribution >= 0.6 is 0 Å². The molecular weight excluding hydrogens is 485 g/mol. The molecule has 2 aliphatic heterocycles. The Morgan fingerprint density at radius 3 is 2.61 bits per heavy atom. The van der Waals surface area contributed by atoms with Crippen LogP contribution in [0.3, 0.4) is 0 Å². The second-order valence-corrected chi connectivity index (χ2v) is 9.39. The number of anilines is 3. The number of carbonyl (C=O) groups excluding carboxylic acids is 2. The van der Waals surface area contributed by atoms with Crippen LogP contribution in [0.5, 0.6) is 0 Å². The van der Waals surface area contributed by atoms with E-state index in [1.807, 2.05) is 41.4 Å². The number of carbonyl (C=O) groups is 2. The van der Waals surface area contributed by atoms with E-state index in [9.17, 15) is 9.59 Å². The van der Waals surface area contributed by atoms with Crippen molar-refractivity contribution in [3.05, 3.63) is 101 Å². The minimum atomic E-state index is -0.398. The van der Waals surface area contributed by atoms with E-state index in [1.54, 1.807) is 31.4 Å². The number of hydrogen-bond acceptors (Lipinski definition) is 6. The minimum Gasteiger partial charge on any atom is -0.367 e. The second kappa shape index (κ2) is 9.71. The van der Waals surface area contributed by atoms with E-state index < -0.39 is 5.82 Å². The number of amides is 2. The van der Waals surface area contributed by atoms with Gasteiger partial charge in [-0.1, -0.05) is 18.2 Å². The Balaban J connectivity index is 1.20. The van der Waals surface area contributed by atoms with Crippen molar-refractivity contribution in [2.24, 2.45) is 7.05 Å². The summed E-state index contributed by atoms with van der Waals surface area (Å²) in [6.45, 7) is 2.54. The van der Waals surface area contributed by atoms with Crippen molar-refractivity contribution >= 4 is 28.9 Å². The summed E-state index contributed by atoms with van der Waals surface area (Å²) in [5.74, 6) is -0.880. The van der Waals surface area contributed by atoms with Gasteiger partial charge in [-0.2, -0.15) is 5.10 Å². The van der Waals surface area contributed by atoms with Crippen LogP contribution < -0.4 is 15.5 Å². The molecule has 2 aromatic carbocycles. The topological polar surface area (TPSA) is 95.4 Å². The highest BCUT2D eigenvalue weighted by molar-refractivity contribution is 6.07. The fourth-order valence-corrected chi connectivity index (χ4v) is 5.29. The minimum absolute atomic E-state index is 0.133. The summed E-state index contributed by atoms with van der Waals surface area (Å²) in [6.07, 6.45) is 5.03. The molecule has 4 aromatic rings. The summed E-state index contributed by atoms with van der Waals surface area (Å²) < 4.78 is 16.6. The molecule has 0 aliphatic carbocycles. The van der Waals surface area contributed by atoms with Crippen LogP contribution in [0.4, 0.5) is 21.5 Å². The van der Waals surface area contributed by atoms with Crippen molar-refractivity contribution in [2.75, 3.05) is 41.7 Å². The van der Waals surface area contributed by atoms with Gasteiger partial charge in [-0.3, -0.25) is 24.2 Å². The normalized spacial score (nSPS) is 17.3. The summed E-state index contributed by atoms with van der Waals surface area (Å²) in [6, 6.07) is 15.7. The third kappa shape index (κ3) is 4.28. The molecule has 4 heterocycles. The van der Waals surface area contributed by atoms with Crippen LogP contribution in [0.1, 0.15) is 38.0 Å². The van der Waals surface area contributed by atoms with Crippen LogP contribution in [0, 0.1) is 5.82 Å². The molecule has 9 nitrogen and oxygen atoms in total. The summed E-state index contributed by atoms with van der Waals surface area (Å²) in [7, 11) is 1.68. The van der Waals surface area contributed by atoms with Gasteiger partial charge in [0.1, 0.15) is 11.5 Å². The molecule has 10 heteroatoms. The van der Waals surface area contributed by atoms with Crippen molar-refractivity contribution in [1.82, 2.24) is 19.7 Å². The molecule has 0 bridgehead atoms. The third-order valence-electron chi connectivity index (χ3n) is 7.17. The number of piperazine rings is 1. The zero-order valence-corrected chi connectivity index (χ0v) is 20.8. The predicted octanol–water partition coefficient (Wildman–Crippen LogP) is 3.68. The molecule has 192 valence electrons. The number of hydrogen-bond donors (Lipinski definition) is 2. The second-order valence-electron chi connectivity index (χ2n) is 9.39. The van der Waals surface area contributed by atoms with Crippen molar-refractivity contribution in [3.8, 4) is 0 Å². The fourth-order valence-electron chi connectivity index (χ4n) is 5.29. The molecule has 1 atom stereocenters. The van der Waals surface area contributed by atoms with Gasteiger partial charge in [-0.05, 0) is 42.0 Å². The largest absolute Gasteiger partial charge is 0.367 e. The maximum Gasteiger partial charge on any atom is 0.273 e. The molecule has 1 unspecified atom stereocenters. The van der Waals surface area contributed by atoms with Crippen molar-refractivity contribution in [2.45, 2.75) is 6.04 Å². The quantitative estimate of drug-likeness (QED) is 0.434. The van der Waals surface area contributed by atoms with Crippen LogP contribution in [-0.4, -0.2) is 57.7 Å². The van der Waals surface area contributed by atoms with Crippen LogP contribution in [0.2, 0.25) is 0 Å². The number of fused-ring (bicyclic) bond motifs is 2. The van der Waals surface area contributed by atoms with Gasteiger partial charge in [0.2, 0.25) is 0 Å². The maximum atomic E-state index is 15.2. The Kier molecular flexibility index (Phi) is 6.09. The van der Waals surface area contributed by atoms with Crippen LogP contribution in [-0.2, 0) is 7.05 Å². The lowest BCUT2D eigenvalue weighted by Crippen LogP contribution is -2.48. The Bertz CT molecular complexity index is 1530. The number of aryl methyl sites for hydroxylation is 1. The predicted molar refractivity (Wildman–Crippen MR) is 142 cm³/mol. The zero-order valence-electron chi connectivity index (χ0n) is 20.8. The molecule has 6 rings (SSSR count). The standard InChI is InChI=1S/C28H26FN7O2/c1-34-25(9-11-31-34)28(38)32-18-6-7-24(22(29)16-18)35-12-14-36(15-13-35)26-19-4-2-3-5-20(19)27(37)33-23-8-10-30-17-21(23)26/h2-11,16-17,26H,12-15H2,1H3,(H,32,38)(H,33,37). The third-order valence-corrected chi connectivity index (χ3v) is 7.17. The lowest BCUT2D eigenvalue weighted by atomic mass is 9.94. The molecule has 0 radical (unpaired) electrons. The Morgan fingerprint density at radius 1 is 1.03 bits per heavy atom. The van der Waals surface area contributed by atoms with Gasteiger partial charge >= 0.3 is 0 Å². The number of benzene rings is 2. The SMILES string of the molecule is Cn1nccc1C(=O)Nc1ccc(N2CCN(C3c4cnccc4NC(=O)c4ccccc43)CC2)c(F)c1. The molecule has 2 aliphatic rings. The van der Waals surface area contributed by atoms with E-state index in [4.69, 9.17) is 0 Å². The fraction of sp³-hybridized carbons (Fsp3) is 0.214. The molecular formula is C28H26FN7O2. The molecule has 38 heavy (non-hydrogen) atoms. The van der Waals surface area contributed by atoms with Gasteiger partial charge in [-0.15, -0.1) is 0 Å². The Morgan fingerprint density at radius 2 is 1.84 bits per heavy atom. The first-order valence-electron chi connectivity index (χ1n) is 12.4. The summed E-state index contributed by atoms with van der Waals surface area (Å²) in [5, 5.41) is 9.74. The van der Waals surface area contributed by atoms with Gasteiger partial charge in [-0.25, -0.2) is 4.39 Å². The summed E-state index contributed by atoms with van der Waals surface area (Å²) >= 11 is 0. The van der Waals surface area contributed by atoms with Gasteiger partial charge in [0.25, 0.3) is 11.8 Å². The monoisotopic (exact) mass is 511 g/mol. The van der Waals surface area contributed by atoms with Gasteiger partial charge in [0.05, 0.1) is 11.7 Å². The van der Waals surface area contributed by atoms with E-state index in [0.29, 0.717) is 48.8 Å². The highest BCUT2D eigenvalue weighted by atomic mass is 19.1. The average Bonchev–Trinajstić information content (AvgIpc) is 3.31. The number of rotatable bonds is 4. The van der Waals surface area contributed by atoms with Crippen LogP contribution in [0.25, 0.3) is 0 Å². The molecule has 1 fully saturated rings. The Labute approximate surface area is 218 Å². The number of aromatic nitrogens is 3. The molecule has 2 N–H and O–H groups in total. The first-order valence-corrected chi connectivity index (χ1v) is 12.4. The molecule has 1 saturated heterocycles. The molecule has 2 amide bonds. The number of pyridine rings is 1. The van der Waals surface area contributed by atoms with Gasteiger partial charge < -0.3 is 15.5 Å². The van der Waals surface area contributed by atoms with E-state index in [1.165, 1.54) is 16.9 Å². The highest BCUT2D eigenvalue weighted by Crippen LogP contribution is 2.38. The highest BCUT2D eigenvalue weighted by Gasteiger charge is 2.33. The first kappa shape index (κ1) is 23.8. The maximum absolute atomic E-state index is 15.2. The lowest BCUT2D eigenvalue weighted by Gasteiger charge is -2.40. The van der Waals surface area contributed by atoms with Crippen molar-refractivity contribution in [1.29, 1.82) is 0 Å². The summed E-state index contributed by atoms with van der Waals surface area (Å²) in [5.41, 5.74) is 4.54. The summed E-state index contributed by atoms with van der Waals surface area (Å²) in [4.78, 5) is 34.0. The Hall–Kier alpha value is -4.57. The van der Waals surface area contributed by atoms with E-state index >= 15 is 4.39 Å².